The molecule has 1 atom stereocenters. The number of halogens is 1. The van der Waals surface area contributed by atoms with Crippen molar-refractivity contribution in [1.29, 1.82) is 0 Å². The topological polar surface area (TPSA) is 91.5 Å². The van der Waals surface area contributed by atoms with E-state index < -0.39 is 0 Å². The van der Waals surface area contributed by atoms with Crippen LogP contribution < -0.4 is 15.5 Å². The normalized spacial score (nSPS) is 17.4. The average Bonchev–Trinajstić information content (AvgIpc) is 3.34. The van der Waals surface area contributed by atoms with Gasteiger partial charge in [-0.1, -0.05) is 19.0 Å². The first-order valence-electron chi connectivity index (χ1n) is 9.72. The van der Waals surface area contributed by atoms with Gasteiger partial charge in [-0.3, -0.25) is 4.99 Å². The zero-order valence-corrected chi connectivity index (χ0v) is 16.7. The van der Waals surface area contributed by atoms with Gasteiger partial charge in [0.1, 0.15) is 0 Å². The number of pyridine rings is 1. The minimum atomic E-state index is -0.285. The highest BCUT2D eigenvalue weighted by Gasteiger charge is 2.25. The Bertz CT molecular complexity index is 792. The summed E-state index contributed by atoms with van der Waals surface area (Å²) in [6, 6.07) is 3.24. The second-order valence-electron chi connectivity index (χ2n) is 7.19. The quantitative estimate of drug-likeness (QED) is 0.426. The summed E-state index contributed by atoms with van der Waals surface area (Å²) in [7, 11) is 1.74. The molecule has 0 spiro atoms. The van der Waals surface area contributed by atoms with E-state index in [-0.39, 0.29) is 17.8 Å². The van der Waals surface area contributed by atoms with Crippen LogP contribution >= 0.6 is 0 Å². The van der Waals surface area contributed by atoms with Crippen molar-refractivity contribution in [3.63, 3.8) is 0 Å². The van der Waals surface area contributed by atoms with E-state index in [1.807, 2.05) is 18.7 Å². The fourth-order valence-electron chi connectivity index (χ4n) is 3.12. The summed E-state index contributed by atoms with van der Waals surface area (Å²) in [5, 5.41) is 10.7. The molecule has 3 rings (SSSR count). The third kappa shape index (κ3) is 5.17. The number of hydrogen-bond acceptors (Lipinski definition) is 6. The number of aryl methyl sites for hydroxylation is 1. The number of aliphatic imine (C=N–C) groups is 1. The number of hydrogen-bond donors (Lipinski definition) is 2. The molecule has 9 heteroatoms. The van der Waals surface area contributed by atoms with Crippen LogP contribution in [0.15, 0.2) is 27.8 Å². The molecule has 0 amide bonds. The first-order chi connectivity index (χ1) is 13.6. The summed E-state index contributed by atoms with van der Waals surface area (Å²) in [5.74, 6) is 2.54. The number of rotatable bonds is 7. The maximum atomic E-state index is 13.9. The van der Waals surface area contributed by atoms with E-state index >= 15 is 0 Å². The molecule has 1 fully saturated rings. The molecular weight excluding hydrogens is 361 g/mol. The molecule has 2 aromatic heterocycles. The molecule has 8 nitrogen and oxygen atoms in total. The van der Waals surface area contributed by atoms with E-state index in [4.69, 9.17) is 4.52 Å². The summed E-state index contributed by atoms with van der Waals surface area (Å²) < 4.78 is 19.2. The molecule has 28 heavy (non-hydrogen) atoms. The Hall–Kier alpha value is -2.71. The molecule has 0 aliphatic carbocycles. The minimum absolute atomic E-state index is 0.192. The van der Waals surface area contributed by atoms with E-state index in [0.717, 1.165) is 44.1 Å². The van der Waals surface area contributed by atoms with E-state index in [1.165, 1.54) is 6.07 Å². The second-order valence-corrected chi connectivity index (χ2v) is 7.19. The highest BCUT2D eigenvalue weighted by molar-refractivity contribution is 5.80. The SMILES string of the molecule is CN=C(NCCCc1nc(C(C)C)no1)NC1CCN(c2ncccc2F)C1. The maximum absolute atomic E-state index is 13.9. The zero-order chi connectivity index (χ0) is 19.9. The van der Waals surface area contributed by atoms with Gasteiger partial charge < -0.3 is 20.1 Å². The van der Waals surface area contributed by atoms with Gasteiger partial charge in [-0.25, -0.2) is 9.37 Å². The Labute approximate surface area is 164 Å². The van der Waals surface area contributed by atoms with Gasteiger partial charge in [0, 0.05) is 51.3 Å². The molecule has 2 N–H and O–H groups in total. The van der Waals surface area contributed by atoms with Gasteiger partial charge >= 0.3 is 0 Å². The van der Waals surface area contributed by atoms with Crippen LogP contribution in [-0.2, 0) is 6.42 Å². The van der Waals surface area contributed by atoms with E-state index in [2.05, 4.69) is 30.8 Å². The van der Waals surface area contributed by atoms with Crippen molar-refractivity contribution < 1.29 is 8.91 Å². The molecule has 0 bridgehead atoms. The predicted molar refractivity (Wildman–Crippen MR) is 106 cm³/mol. The fraction of sp³-hybridized carbons (Fsp3) is 0.579. The lowest BCUT2D eigenvalue weighted by molar-refractivity contribution is 0.368. The van der Waals surface area contributed by atoms with Crippen LogP contribution in [0.1, 0.15) is 44.3 Å². The van der Waals surface area contributed by atoms with Gasteiger partial charge in [0.15, 0.2) is 23.4 Å². The lowest BCUT2D eigenvalue weighted by Gasteiger charge is -2.19. The van der Waals surface area contributed by atoms with Crippen molar-refractivity contribution in [1.82, 2.24) is 25.8 Å². The number of nitrogens with one attached hydrogen (secondary N) is 2. The van der Waals surface area contributed by atoms with Gasteiger partial charge in [0.2, 0.25) is 5.89 Å². The Balaban J connectivity index is 1.40. The largest absolute Gasteiger partial charge is 0.356 e. The molecule has 2 aromatic rings. The second kappa shape index (κ2) is 9.48. The zero-order valence-electron chi connectivity index (χ0n) is 16.7. The average molecular weight is 389 g/mol. The minimum Gasteiger partial charge on any atom is -0.356 e. The van der Waals surface area contributed by atoms with Crippen LogP contribution in [0.3, 0.4) is 0 Å². The highest BCUT2D eigenvalue weighted by atomic mass is 19.1. The number of anilines is 1. The Morgan fingerprint density at radius 3 is 3.04 bits per heavy atom. The maximum Gasteiger partial charge on any atom is 0.226 e. The monoisotopic (exact) mass is 389 g/mol. The fourth-order valence-corrected chi connectivity index (χ4v) is 3.12. The number of nitrogens with zero attached hydrogens (tertiary/aromatic N) is 5. The van der Waals surface area contributed by atoms with Crippen LogP contribution in [0.2, 0.25) is 0 Å². The van der Waals surface area contributed by atoms with Crippen LogP contribution in [-0.4, -0.2) is 53.8 Å². The van der Waals surface area contributed by atoms with Gasteiger partial charge in [0.05, 0.1) is 0 Å². The van der Waals surface area contributed by atoms with Crippen molar-refractivity contribution >= 4 is 11.8 Å². The summed E-state index contributed by atoms with van der Waals surface area (Å²) >= 11 is 0. The van der Waals surface area contributed by atoms with E-state index in [0.29, 0.717) is 18.3 Å². The molecule has 3 heterocycles. The standard InChI is InChI=1S/C19H28FN7O/c1-13(2)17-25-16(28-26-17)7-5-10-23-19(21-3)24-14-8-11-27(12-14)18-15(20)6-4-9-22-18/h4,6,9,13-14H,5,7-8,10-12H2,1-3H3,(H2,21,23,24). The van der Waals surface area contributed by atoms with Crippen molar-refractivity contribution in [2.24, 2.45) is 4.99 Å². The molecule has 1 saturated heterocycles. The third-order valence-corrected chi connectivity index (χ3v) is 4.65. The van der Waals surface area contributed by atoms with Gasteiger partial charge in [0.25, 0.3) is 0 Å². The molecule has 1 unspecified atom stereocenters. The van der Waals surface area contributed by atoms with Crippen molar-refractivity contribution in [2.75, 3.05) is 31.6 Å². The Kier molecular flexibility index (Phi) is 6.78. The lowest BCUT2D eigenvalue weighted by atomic mass is 10.2. The van der Waals surface area contributed by atoms with Gasteiger partial charge in [-0.05, 0) is 25.0 Å². The molecule has 1 aliphatic heterocycles. The Morgan fingerprint density at radius 1 is 1.46 bits per heavy atom. The summed E-state index contributed by atoms with van der Waals surface area (Å²) in [6.45, 7) is 6.27. The van der Waals surface area contributed by atoms with Crippen LogP contribution in [0.4, 0.5) is 10.2 Å². The van der Waals surface area contributed by atoms with Crippen LogP contribution in [0.25, 0.3) is 0 Å². The van der Waals surface area contributed by atoms with Gasteiger partial charge in [-0.15, -0.1) is 0 Å². The van der Waals surface area contributed by atoms with Gasteiger partial charge in [-0.2, -0.15) is 4.98 Å². The highest BCUT2D eigenvalue weighted by Crippen LogP contribution is 2.20. The Morgan fingerprint density at radius 2 is 2.32 bits per heavy atom. The van der Waals surface area contributed by atoms with E-state index in [1.54, 1.807) is 19.3 Å². The lowest BCUT2D eigenvalue weighted by Crippen LogP contribution is -2.45. The molecule has 152 valence electrons. The van der Waals surface area contributed by atoms with Crippen molar-refractivity contribution in [3.8, 4) is 0 Å². The van der Waals surface area contributed by atoms with Crippen LogP contribution in [0.5, 0.6) is 0 Å². The van der Waals surface area contributed by atoms with Crippen LogP contribution in [0, 0.1) is 5.82 Å². The van der Waals surface area contributed by atoms with E-state index in [9.17, 15) is 4.39 Å². The summed E-state index contributed by atoms with van der Waals surface area (Å²) in [4.78, 5) is 14.8. The molecular formula is C19H28FN7O. The first kappa shape index (κ1) is 20.0. The number of guanidine groups is 1. The number of aromatic nitrogens is 3. The smallest absolute Gasteiger partial charge is 0.226 e. The molecule has 1 aliphatic rings. The summed E-state index contributed by atoms with van der Waals surface area (Å²) in [6.07, 6.45) is 4.10. The molecule has 0 radical (unpaired) electrons. The predicted octanol–water partition coefficient (Wildman–Crippen LogP) is 2.10. The summed E-state index contributed by atoms with van der Waals surface area (Å²) in [5.41, 5.74) is 0. The van der Waals surface area contributed by atoms with Crippen molar-refractivity contribution in [3.05, 3.63) is 35.9 Å². The third-order valence-electron chi connectivity index (χ3n) is 4.65. The molecule has 0 saturated carbocycles. The van der Waals surface area contributed by atoms with Crippen molar-refractivity contribution in [2.45, 2.75) is 45.1 Å². The first-order valence-corrected chi connectivity index (χ1v) is 9.72. The molecule has 0 aromatic carbocycles.